The lowest BCUT2D eigenvalue weighted by molar-refractivity contribution is -0.134. The Hall–Kier alpha value is -3.10. The SMILES string of the molecule is C[C@@H]1CN(c2ccc3c(C4CCC(=O)NC4=O)nn(C)c3c2)CC[C@H]1N(C)C(=O)OC(C)(C)C. The normalized spacial score (nSPS) is 23.7. The van der Waals surface area contributed by atoms with Gasteiger partial charge in [0, 0.05) is 50.7 Å². The fourth-order valence-electron chi connectivity index (χ4n) is 5.09. The number of hydrogen-bond acceptors (Lipinski definition) is 6. The predicted octanol–water partition coefficient (Wildman–Crippen LogP) is 3.18. The summed E-state index contributed by atoms with van der Waals surface area (Å²) in [6, 6.07) is 6.33. The summed E-state index contributed by atoms with van der Waals surface area (Å²) in [5, 5.41) is 8.01. The van der Waals surface area contributed by atoms with Crippen molar-refractivity contribution in [2.45, 2.75) is 64.5 Å². The first kappa shape index (κ1) is 24.0. The second-order valence-electron chi connectivity index (χ2n) is 10.6. The van der Waals surface area contributed by atoms with Gasteiger partial charge in [-0.1, -0.05) is 6.92 Å². The molecular formula is C25H35N5O4. The number of amides is 3. The first-order valence-electron chi connectivity index (χ1n) is 12.0. The molecule has 3 heterocycles. The fourth-order valence-corrected chi connectivity index (χ4v) is 5.09. The Kier molecular flexibility index (Phi) is 6.31. The molecule has 2 saturated heterocycles. The molecule has 1 aromatic carbocycles. The zero-order valence-electron chi connectivity index (χ0n) is 20.9. The Labute approximate surface area is 200 Å². The van der Waals surface area contributed by atoms with E-state index in [9.17, 15) is 14.4 Å². The number of anilines is 1. The molecule has 1 unspecified atom stereocenters. The number of aromatic nitrogens is 2. The van der Waals surface area contributed by atoms with Crippen LogP contribution >= 0.6 is 0 Å². The molecule has 1 N–H and O–H groups in total. The second kappa shape index (κ2) is 8.92. The molecule has 0 bridgehead atoms. The molecule has 2 aliphatic rings. The van der Waals surface area contributed by atoms with E-state index in [4.69, 9.17) is 4.74 Å². The molecule has 3 amide bonds. The van der Waals surface area contributed by atoms with Crippen LogP contribution in [0, 0.1) is 5.92 Å². The lowest BCUT2D eigenvalue weighted by Crippen LogP contribution is -2.51. The smallest absolute Gasteiger partial charge is 0.410 e. The van der Waals surface area contributed by atoms with E-state index < -0.39 is 11.5 Å². The molecule has 2 aliphatic heterocycles. The molecule has 0 radical (unpaired) electrons. The van der Waals surface area contributed by atoms with Gasteiger partial charge in [-0.25, -0.2) is 4.79 Å². The third-order valence-corrected chi connectivity index (χ3v) is 6.84. The lowest BCUT2D eigenvalue weighted by Gasteiger charge is -2.42. The molecule has 9 nitrogen and oxygen atoms in total. The van der Waals surface area contributed by atoms with Crippen molar-refractivity contribution in [3.8, 4) is 0 Å². The van der Waals surface area contributed by atoms with Crippen molar-refractivity contribution in [1.29, 1.82) is 0 Å². The third kappa shape index (κ3) is 4.74. The van der Waals surface area contributed by atoms with Crippen molar-refractivity contribution < 1.29 is 19.1 Å². The van der Waals surface area contributed by atoms with Gasteiger partial charge >= 0.3 is 6.09 Å². The summed E-state index contributed by atoms with van der Waals surface area (Å²) in [6.07, 6.45) is 1.38. The Morgan fingerprint density at radius 3 is 2.62 bits per heavy atom. The van der Waals surface area contributed by atoms with Crippen LogP contribution in [0.1, 0.15) is 58.6 Å². The van der Waals surface area contributed by atoms with Crippen LogP contribution in [0.3, 0.4) is 0 Å². The van der Waals surface area contributed by atoms with Crippen LogP contribution in [0.4, 0.5) is 10.5 Å². The Balaban J connectivity index is 1.50. The van der Waals surface area contributed by atoms with Gasteiger partial charge in [0.2, 0.25) is 11.8 Å². The topological polar surface area (TPSA) is 96.8 Å². The number of benzene rings is 1. The Bertz CT molecular complexity index is 1120. The number of fused-ring (bicyclic) bond motifs is 1. The van der Waals surface area contributed by atoms with Crippen LogP contribution < -0.4 is 10.2 Å². The first-order chi connectivity index (χ1) is 15.9. The molecular weight excluding hydrogens is 434 g/mol. The molecule has 2 aromatic rings. The summed E-state index contributed by atoms with van der Waals surface area (Å²) in [4.78, 5) is 40.6. The summed E-state index contributed by atoms with van der Waals surface area (Å²) in [7, 11) is 3.70. The van der Waals surface area contributed by atoms with Crippen LogP contribution in [0.15, 0.2) is 18.2 Å². The van der Waals surface area contributed by atoms with Crippen molar-refractivity contribution >= 4 is 34.5 Å². The van der Waals surface area contributed by atoms with Gasteiger partial charge in [0.15, 0.2) is 0 Å². The Morgan fingerprint density at radius 2 is 1.97 bits per heavy atom. The predicted molar refractivity (Wildman–Crippen MR) is 130 cm³/mol. The molecule has 4 rings (SSSR count). The van der Waals surface area contributed by atoms with E-state index in [1.807, 2.05) is 45.6 Å². The van der Waals surface area contributed by atoms with E-state index in [1.54, 1.807) is 4.90 Å². The van der Waals surface area contributed by atoms with Crippen LogP contribution in [0.5, 0.6) is 0 Å². The third-order valence-electron chi connectivity index (χ3n) is 6.84. The molecule has 3 atom stereocenters. The fraction of sp³-hybridized carbons (Fsp3) is 0.600. The highest BCUT2D eigenvalue weighted by Gasteiger charge is 2.34. The van der Waals surface area contributed by atoms with Gasteiger partial charge in [0.1, 0.15) is 5.60 Å². The maximum Gasteiger partial charge on any atom is 0.410 e. The number of carbonyl (C=O) groups excluding carboxylic acids is 3. The average molecular weight is 470 g/mol. The number of aryl methyl sites for hydroxylation is 1. The van der Waals surface area contributed by atoms with Crippen LogP contribution in [0.25, 0.3) is 10.9 Å². The van der Waals surface area contributed by atoms with Gasteiger partial charge in [-0.15, -0.1) is 0 Å². The maximum absolute atomic E-state index is 12.5. The standard InChI is InChI=1S/C25H35N5O4/c1-15-14-30(12-11-19(15)28(5)24(33)34-25(2,3)4)16-7-8-17-20(13-16)29(6)27-22(17)18-9-10-21(31)26-23(18)32/h7-8,13,15,18-19H,9-12,14H2,1-6H3,(H,26,31,32)/t15-,18?,19-/m1/s1. The molecule has 0 aliphatic carbocycles. The van der Waals surface area contributed by atoms with Crippen molar-refractivity contribution in [2.24, 2.45) is 13.0 Å². The van der Waals surface area contributed by atoms with E-state index >= 15 is 0 Å². The van der Waals surface area contributed by atoms with Crippen molar-refractivity contribution in [3.63, 3.8) is 0 Å². The van der Waals surface area contributed by atoms with E-state index in [1.165, 1.54) is 0 Å². The van der Waals surface area contributed by atoms with E-state index in [2.05, 4.69) is 34.4 Å². The minimum absolute atomic E-state index is 0.116. The van der Waals surface area contributed by atoms with Gasteiger partial charge in [0.25, 0.3) is 0 Å². The number of imide groups is 1. The molecule has 2 fully saturated rings. The number of nitrogens with zero attached hydrogens (tertiary/aromatic N) is 4. The van der Waals surface area contributed by atoms with Gasteiger partial charge in [-0.05, 0) is 57.7 Å². The van der Waals surface area contributed by atoms with Crippen molar-refractivity contribution in [2.75, 3.05) is 25.0 Å². The quantitative estimate of drug-likeness (QED) is 0.694. The highest BCUT2D eigenvalue weighted by atomic mass is 16.6. The summed E-state index contributed by atoms with van der Waals surface area (Å²) in [5.74, 6) is -0.636. The molecule has 34 heavy (non-hydrogen) atoms. The monoisotopic (exact) mass is 469 g/mol. The number of carbonyl (C=O) groups is 3. The molecule has 0 spiro atoms. The van der Waals surface area contributed by atoms with E-state index in [-0.39, 0.29) is 29.9 Å². The largest absolute Gasteiger partial charge is 0.444 e. The molecule has 1 aromatic heterocycles. The van der Waals surface area contributed by atoms with Gasteiger partial charge in [0.05, 0.1) is 17.1 Å². The number of rotatable bonds is 3. The number of ether oxygens (including phenoxy) is 1. The van der Waals surface area contributed by atoms with Crippen LogP contribution in [-0.4, -0.2) is 64.4 Å². The lowest BCUT2D eigenvalue weighted by atomic mass is 9.91. The molecule has 184 valence electrons. The van der Waals surface area contributed by atoms with Gasteiger partial charge in [-0.2, -0.15) is 5.10 Å². The maximum atomic E-state index is 12.5. The van der Waals surface area contributed by atoms with Crippen LogP contribution in [-0.2, 0) is 21.4 Å². The van der Waals surface area contributed by atoms with E-state index in [0.717, 1.165) is 41.8 Å². The summed E-state index contributed by atoms with van der Waals surface area (Å²) in [6.45, 7) is 9.45. The summed E-state index contributed by atoms with van der Waals surface area (Å²) >= 11 is 0. The second-order valence-corrected chi connectivity index (χ2v) is 10.6. The summed E-state index contributed by atoms with van der Waals surface area (Å²) in [5.41, 5.74) is 2.26. The van der Waals surface area contributed by atoms with Crippen LogP contribution in [0.2, 0.25) is 0 Å². The zero-order chi connectivity index (χ0) is 24.8. The number of nitrogens with one attached hydrogen (secondary N) is 1. The van der Waals surface area contributed by atoms with E-state index in [0.29, 0.717) is 12.8 Å². The highest BCUT2D eigenvalue weighted by Crippen LogP contribution is 2.34. The highest BCUT2D eigenvalue weighted by molar-refractivity contribution is 6.02. The minimum Gasteiger partial charge on any atom is -0.444 e. The Morgan fingerprint density at radius 1 is 1.24 bits per heavy atom. The minimum atomic E-state index is -0.513. The average Bonchev–Trinajstić information content (AvgIpc) is 3.07. The number of piperidine rings is 2. The first-order valence-corrected chi connectivity index (χ1v) is 12.0. The zero-order valence-corrected chi connectivity index (χ0v) is 20.9. The van der Waals surface area contributed by atoms with Crippen molar-refractivity contribution in [3.05, 3.63) is 23.9 Å². The molecule has 0 saturated carbocycles. The summed E-state index contributed by atoms with van der Waals surface area (Å²) < 4.78 is 7.37. The molecule has 9 heteroatoms. The van der Waals surface area contributed by atoms with Gasteiger partial charge in [-0.3, -0.25) is 19.6 Å². The van der Waals surface area contributed by atoms with Crippen molar-refractivity contribution in [1.82, 2.24) is 20.0 Å². The number of hydrogen-bond donors (Lipinski definition) is 1. The van der Waals surface area contributed by atoms with Gasteiger partial charge < -0.3 is 14.5 Å².